The van der Waals surface area contributed by atoms with Gasteiger partial charge < -0.3 is 9.80 Å². The minimum absolute atomic E-state index is 0.0217. The minimum atomic E-state index is -4.47. The third kappa shape index (κ3) is 4.19. The first-order chi connectivity index (χ1) is 13.8. The number of benzene rings is 1. The molecule has 2 aliphatic heterocycles. The van der Waals surface area contributed by atoms with E-state index >= 15 is 0 Å². The summed E-state index contributed by atoms with van der Waals surface area (Å²) in [5.41, 5.74) is 0.0987. The van der Waals surface area contributed by atoms with E-state index in [1.54, 1.807) is 11.8 Å². The van der Waals surface area contributed by atoms with Crippen LogP contribution in [0.5, 0.6) is 0 Å². The van der Waals surface area contributed by atoms with E-state index in [1.807, 2.05) is 34.1 Å². The second-order valence-corrected chi connectivity index (χ2v) is 8.64. The third-order valence-electron chi connectivity index (χ3n) is 5.29. The first-order valence-electron chi connectivity index (χ1n) is 9.35. The van der Waals surface area contributed by atoms with Crippen molar-refractivity contribution in [2.45, 2.75) is 23.9 Å². The molecule has 0 aliphatic carbocycles. The van der Waals surface area contributed by atoms with Gasteiger partial charge in [0.1, 0.15) is 5.82 Å². The fraction of sp³-hybridized carbons (Fsp3) is 0.400. The van der Waals surface area contributed by atoms with Gasteiger partial charge in [-0.2, -0.15) is 13.2 Å². The maximum atomic E-state index is 13.1. The molecule has 0 N–H and O–H groups in total. The van der Waals surface area contributed by atoms with E-state index in [-0.39, 0.29) is 16.8 Å². The smallest absolute Gasteiger partial charge is 0.355 e. The van der Waals surface area contributed by atoms with Gasteiger partial charge in [0, 0.05) is 42.4 Å². The van der Waals surface area contributed by atoms with Crippen LogP contribution in [0.15, 0.2) is 41.4 Å². The molecule has 1 fully saturated rings. The highest BCUT2D eigenvalue weighted by atomic mass is 35.5. The van der Waals surface area contributed by atoms with E-state index in [1.165, 1.54) is 0 Å². The van der Waals surface area contributed by atoms with E-state index in [0.29, 0.717) is 38.3 Å². The van der Waals surface area contributed by atoms with Gasteiger partial charge in [-0.1, -0.05) is 23.7 Å². The summed E-state index contributed by atoms with van der Waals surface area (Å²) in [5.74, 6) is 1.21. The summed E-state index contributed by atoms with van der Waals surface area (Å²) in [4.78, 5) is 21.9. The normalized spacial score (nSPS) is 17.9. The Morgan fingerprint density at radius 2 is 1.90 bits per heavy atom. The fourth-order valence-corrected chi connectivity index (χ4v) is 5.06. The molecule has 4 nitrogen and oxygen atoms in total. The van der Waals surface area contributed by atoms with Crippen molar-refractivity contribution in [2.75, 3.05) is 35.2 Å². The Morgan fingerprint density at radius 1 is 1.17 bits per heavy atom. The standard InChI is InChI=1S/C20H19ClF3N3OS/c21-15-11-14(20(22,23)24)12-25-18(15)26-7-5-13(6-8-26)19(28)27-9-10-29-17-4-2-1-3-16(17)27/h1-4,11-13H,5-10H2. The van der Waals surface area contributed by atoms with Crippen LogP contribution in [0.1, 0.15) is 18.4 Å². The number of aromatic nitrogens is 1. The maximum absolute atomic E-state index is 13.1. The number of pyridine rings is 1. The summed E-state index contributed by atoms with van der Waals surface area (Å²) in [6.45, 7) is 1.74. The molecule has 4 rings (SSSR count). The van der Waals surface area contributed by atoms with Crippen molar-refractivity contribution in [3.63, 3.8) is 0 Å². The molecule has 0 atom stereocenters. The summed E-state index contributed by atoms with van der Waals surface area (Å²) >= 11 is 7.82. The van der Waals surface area contributed by atoms with Gasteiger partial charge in [-0.25, -0.2) is 4.98 Å². The Balaban J connectivity index is 1.43. The van der Waals surface area contributed by atoms with Crippen molar-refractivity contribution < 1.29 is 18.0 Å². The number of hydrogen-bond donors (Lipinski definition) is 0. The molecule has 0 spiro atoms. The van der Waals surface area contributed by atoms with E-state index in [9.17, 15) is 18.0 Å². The lowest BCUT2D eigenvalue weighted by atomic mass is 9.95. The van der Waals surface area contributed by atoms with Crippen molar-refractivity contribution in [1.82, 2.24) is 4.98 Å². The summed E-state index contributed by atoms with van der Waals surface area (Å²) in [7, 11) is 0. The molecular formula is C20H19ClF3N3OS. The number of piperidine rings is 1. The molecule has 0 saturated carbocycles. The van der Waals surface area contributed by atoms with Crippen LogP contribution < -0.4 is 9.80 Å². The van der Waals surface area contributed by atoms with Crippen molar-refractivity contribution >= 4 is 40.8 Å². The van der Waals surface area contributed by atoms with Gasteiger partial charge in [-0.15, -0.1) is 11.8 Å². The van der Waals surface area contributed by atoms with Crippen LogP contribution in [-0.2, 0) is 11.0 Å². The number of nitrogens with zero attached hydrogens (tertiary/aromatic N) is 3. The predicted octanol–water partition coefficient (Wildman–Crippen LogP) is 5.11. The second-order valence-electron chi connectivity index (χ2n) is 7.09. The maximum Gasteiger partial charge on any atom is 0.417 e. The fourth-order valence-electron chi connectivity index (χ4n) is 3.78. The number of thioether (sulfide) groups is 1. The largest absolute Gasteiger partial charge is 0.417 e. The molecule has 2 aliphatic rings. The Hall–Kier alpha value is -1.93. The first kappa shape index (κ1) is 20.3. The number of alkyl halides is 3. The Labute approximate surface area is 176 Å². The lowest BCUT2D eigenvalue weighted by Gasteiger charge is -2.36. The van der Waals surface area contributed by atoms with Crippen LogP contribution in [0.4, 0.5) is 24.7 Å². The zero-order chi connectivity index (χ0) is 20.6. The molecule has 154 valence electrons. The molecule has 1 saturated heterocycles. The van der Waals surface area contributed by atoms with Crippen molar-refractivity contribution in [3.05, 3.63) is 47.1 Å². The molecule has 0 radical (unpaired) electrons. The summed E-state index contributed by atoms with van der Waals surface area (Å²) in [5, 5.41) is -0.0217. The van der Waals surface area contributed by atoms with Gasteiger partial charge in [0.15, 0.2) is 0 Å². The Morgan fingerprint density at radius 3 is 2.59 bits per heavy atom. The van der Waals surface area contributed by atoms with E-state index < -0.39 is 11.7 Å². The van der Waals surface area contributed by atoms with E-state index in [2.05, 4.69) is 4.98 Å². The number of carbonyl (C=O) groups excluding carboxylic acids is 1. The molecule has 29 heavy (non-hydrogen) atoms. The molecule has 3 heterocycles. The van der Waals surface area contributed by atoms with Gasteiger partial charge in [0.2, 0.25) is 5.91 Å². The minimum Gasteiger partial charge on any atom is -0.355 e. The van der Waals surface area contributed by atoms with Gasteiger partial charge in [0.25, 0.3) is 0 Å². The molecule has 1 aromatic heterocycles. The number of hydrogen-bond acceptors (Lipinski definition) is 4. The van der Waals surface area contributed by atoms with Gasteiger partial charge in [-0.05, 0) is 31.0 Å². The van der Waals surface area contributed by atoms with Crippen molar-refractivity contribution in [1.29, 1.82) is 0 Å². The molecule has 0 bridgehead atoms. The van der Waals surface area contributed by atoms with Crippen LogP contribution >= 0.6 is 23.4 Å². The lowest BCUT2D eigenvalue weighted by Crippen LogP contribution is -2.44. The second kappa shape index (κ2) is 8.07. The average molecular weight is 442 g/mol. The lowest BCUT2D eigenvalue weighted by molar-refractivity contribution is -0.137. The topological polar surface area (TPSA) is 36.4 Å². The quantitative estimate of drug-likeness (QED) is 0.649. The van der Waals surface area contributed by atoms with E-state index in [0.717, 1.165) is 28.6 Å². The number of halogens is 4. The number of rotatable bonds is 2. The van der Waals surface area contributed by atoms with E-state index in [4.69, 9.17) is 11.6 Å². The highest BCUT2D eigenvalue weighted by Crippen LogP contribution is 2.37. The van der Waals surface area contributed by atoms with Crippen LogP contribution in [0.2, 0.25) is 5.02 Å². The van der Waals surface area contributed by atoms with Gasteiger partial charge in [0.05, 0.1) is 16.3 Å². The van der Waals surface area contributed by atoms with Crippen LogP contribution in [-0.4, -0.2) is 36.3 Å². The SMILES string of the molecule is O=C(C1CCN(c2ncc(C(F)(F)F)cc2Cl)CC1)N1CCSc2ccccc21. The molecule has 9 heteroatoms. The molecule has 2 aromatic rings. The monoisotopic (exact) mass is 441 g/mol. The highest BCUT2D eigenvalue weighted by Gasteiger charge is 2.34. The zero-order valence-electron chi connectivity index (χ0n) is 15.5. The Kier molecular flexibility index (Phi) is 5.66. The number of carbonyl (C=O) groups is 1. The summed E-state index contributed by atoms with van der Waals surface area (Å²) in [6.07, 6.45) is -2.44. The number of para-hydroxylation sites is 1. The molecule has 1 aromatic carbocycles. The van der Waals surface area contributed by atoms with Crippen molar-refractivity contribution in [2.24, 2.45) is 5.92 Å². The molecule has 0 unspecified atom stereocenters. The highest BCUT2D eigenvalue weighted by molar-refractivity contribution is 7.99. The zero-order valence-corrected chi connectivity index (χ0v) is 17.0. The summed E-state index contributed by atoms with van der Waals surface area (Å²) in [6, 6.07) is 8.81. The number of anilines is 2. The van der Waals surface area contributed by atoms with Gasteiger partial charge in [-0.3, -0.25) is 4.79 Å². The van der Waals surface area contributed by atoms with Crippen molar-refractivity contribution in [3.8, 4) is 0 Å². The predicted molar refractivity (Wildman–Crippen MR) is 109 cm³/mol. The van der Waals surface area contributed by atoms with Crippen LogP contribution in [0.25, 0.3) is 0 Å². The van der Waals surface area contributed by atoms with Crippen LogP contribution in [0, 0.1) is 5.92 Å². The molecular weight excluding hydrogens is 423 g/mol. The Bertz CT molecular complexity index is 916. The van der Waals surface area contributed by atoms with Gasteiger partial charge >= 0.3 is 6.18 Å². The number of fused-ring (bicyclic) bond motifs is 1. The van der Waals surface area contributed by atoms with Crippen LogP contribution in [0.3, 0.4) is 0 Å². The third-order valence-corrected chi connectivity index (χ3v) is 6.61. The summed E-state index contributed by atoms with van der Waals surface area (Å²) < 4.78 is 38.4. The number of amides is 1. The first-order valence-corrected chi connectivity index (χ1v) is 10.7. The average Bonchev–Trinajstić information content (AvgIpc) is 2.72. The molecule has 1 amide bonds.